The van der Waals surface area contributed by atoms with Gasteiger partial charge in [0, 0.05) is 5.92 Å². The van der Waals surface area contributed by atoms with Gasteiger partial charge >= 0.3 is 5.97 Å². The first-order chi connectivity index (χ1) is 11.9. The number of carbonyl (C=O) groups excluding carboxylic acids is 2. The fourth-order valence-electron chi connectivity index (χ4n) is 2.42. The molecule has 0 saturated heterocycles. The Labute approximate surface area is 148 Å². The van der Waals surface area contributed by atoms with Crippen LogP contribution in [0.3, 0.4) is 0 Å². The summed E-state index contributed by atoms with van der Waals surface area (Å²) >= 11 is 1.43. The van der Waals surface area contributed by atoms with E-state index in [0.29, 0.717) is 16.3 Å². The van der Waals surface area contributed by atoms with Crippen LogP contribution < -0.4 is 5.32 Å². The highest BCUT2D eigenvalue weighted by atomic mass is 32.1. The number of methoxy groups -OCH3 is 1. The smallest absolute Gasteiger partial charge is 0.342 e. The first-order valence-corrected chi connectivity index (χ1v) is 8.62. The van der Waals surface area contributed by atoms with E-state index in [1.165, 1.54) is 18.4 Å². The summed E-state index contributed by atoms with van der Waals surface area (Å²) in [5.41, 5.74) is 1.55. The predicted molar refractivity (Wildman–Crippen MR) is 96.9 cm³/mol. The second-order valence-electron chi connectivity index (χ2n) is 5.86. The molecule has 1 N–H and O–H groups in total. The molecule has 0 aliphatic rings. The van der Waals surface area contributed by atoms with E-state index in [9.17, 15) is 9.59 Å². The molecule has 130 valence electrons. The summed E-state index contributed by atoms with van der Waals surface area (Å²) in [5.74, 6) is -0.362. The van der Waals surface area contributed by atoms with Crippen molar-refractivity contribution in [2.24, 2.45) is 5.92 Å². The molecule has 7 heteroatoms. The third kappa shape index (κ3) is 3.15. The first kappa shape index (κ1) is 17.2. The zero-order valence-electron chi connectivity index (χ0n) is 14.4. The molecule has 0 unspecified atom stereocenters. The topological polar surface area (TPSA) is 81.4 Å². The number of hydrogen-bond donors (Lipinski definition) is 1. The third-order valence-electron chi connectivity index (χ3n) is 3.74. The van der Waals surface area contributed by atoms with Crippen molar-refractivity contribution in [1.29, 1.82) is 0 Å². The lowest BCUT2D eigenvalue weighted by Crippen LogP contribution is -2.18. The molecule has 3 aromatic rings. The van der Waals surface area contributed by atoms with Crippen molar-refractivity contribution in [2.45, 2.75) is 20.8 Å². The lowest BCUT2D eigenvalue weighted by atomic mass is 10.1. The summed E-state index contributed by atoms with van der Waals surface area (Å²) in [5, 5.41) is 3.34. The molecule has 2 heterocycles. The highest BCUT2D eigenvalue weighted by molar-refractivity contribution is 7.21. The first-order valence-electron chi connectivity index (χ1n) is 7.81. The molecule has 0 aliphatic carbocycles. The zero-order chi connectivity index (χ0) is 18.1. The van der Waals surface area contributed by atoms with Crippen LogP contribution in [0.15, 0.2) is 28.7 Å². The number of benzene rings is 1. The van der Waals surface area contributed by atoms with Gasteiger partial charge in [0.15, 0.2) is 0 Å². The Hall–Kier alpha value is -2.67. The molecule has 0 saturated carbocycles. The number of nitrogens with zero attached hydrogens (tertiary/aromatic N) is 1. The van der Waals surface area contributed by atoms with E-state index in [2.05, 4.69) is 10.3 Å². The average molecular weight is 358 g/mol. The van der Waals surface area contributed by atoms with Crippen molar-refractivity contribution in [3.8, 4) is 10.6 Å². The van der Waals surface area contributed by atoms with Gasteiger partial charge in [-0.15, -0.1) is 11.3 Å². The Bertz CT molecular complexity index is 922. The summed E-state index contributed by atoms with van der Waals surface area (Å²) in [6, 6.07) is 7.67. The van der Waals surface area contributed by atoms with Crippen molar-refractivity contribution < 1.29 is 18.7 Å². The maximum absolute atomic E-state index is 12.3. The highest BCUT2D eigenvalue weighted by Crippen LogP contribution is 2.40. The molecule has 0 atom stereocenters. The van der Waals surface area contributed by atoms with Crippen LogP contribution >= 0.6 is 11.3 Å². The van der Waals surface area contributed by atoms with E-state index in [4.69, 9.17) is 9.15 Å². The van der Waals surface area contributed by atoms with Gasteiger partial charge in [-0.3, -0.25) is 10.1 Å². The molecule has 0 bridgehead atoms. The molecule has 25 heavy (non-hydrogen) atoms. The Balaban J connectivity index is 2.20. The molecule has 1 amide bonds. The zero-order valence-corrected chi connectivity index (χ0v) is 15.2. The maximum atomic E-state index is 12.3. The number of amides is 1. The molecule has 0 spiro atoms. The van der Waals surface area contributed by atoms with Gasteiger partial charge in [0.05, 0.1) is 22.9 Å². The van der Waals surface area contributed by atoms with E-state index in [1.807, 2.05) is 24.3 Å². The van der Waals surface area contributed by atoms with E-state index >= 15 is 0 Å². The molecular weight excluding hydrogens is 340 g/mol. The summed E-state index contributed by atoms with van der Waals surface area (Å²) in [6.45, 7) is 5.22. The largest absolute Gasteiger partial charge is 0.465 e. The second-order valence-corrected chi connectivity index (χ2v) is 6.89. The van der Waals surface area contributed by atoms with E-state index in [0.717, 1.165) is 10.2 Å². The fourth-order valence-corrected chi connectivity index (χ4v) is 3.43. The lowest BCUT2D eigenvalue weighted by Gasteiger charge is -2.06. The lowest BCUT2D eigenvalue weighted by molar-refractivity contribution is -0.119. The van der Waals surface area contributed by atoms with Gasteiger partial charge in [0.2, 0.25) is 11.8 Å². The Morgan fingerprint density at radius 1 is 1.28 bits per heavy atom. The normalized spacial score (nSPS) is 11.1. The summed E-state index contributed by atoms with van der Waals surface area (Å²) in [7, 11) is 1.31. The van der Waals surface area contributed by atoms with Crippen LogP contribution in [0.2, 0.25) is 0 Å². The van der Waals surface area contributed by atoms with Crippen molar-refractivity contribution in [2.75, 3.05) is 12.4 Å². The quantitative estimate of drug-likeness (QED) is 0.705. The van der Waals surface area contributed by atoms with Crippen LogP contribution in [0.25, 0.3) is 20.8 Å². The predicted octanol–water partition coefficient (Wildman–Crippen LogP) is 4.25. The SMILES string of the molecule is COC(=O)c1c(C)oc(NC(=O)C(C)C)c1-c1nc2ccccc2s1. The summed E-state index contributed by atoms with van der Waals surface area (Å²) in [6.07, 6.45) is 0. The summed E-state index contributed by atoms with van der Waals surface area (Å²) in [4.78, 5) is 29.0. The number of nitrogens with one attached hydrogen (secondary N) is 1. The van der Waals surface area contributed by atoms with Gasteiger partial charge in [-0.1, -0.05) is 26.0 Å². The number of rotatable bonds is 4. The van der Waals surface area contributed by atoms with Gasteiger partial charge in [0.25, 0.3) is 0 Å². The van der Waals surface area contributed by atoms with Gasteiger partial charge in [-0.2, -0.15) is 0 Å². The number of furan rings is 1. The number of aromatic nitrogens is 1. The third-order valence-corrected chi connectivity index (χ3v) is 4.80. The molecule has 3 rings (SSSR count). The van der Waals surface area contributed by atoms with Crippen LogP contribution in [0.5, 0.6) is 0 Å². The molecular formula is C18H18N2O4S. The number of ether oxygens (including phenoxy) is 1. The number of carbonyl (C=O) groups is 2. The highest BCUT2D eigenvalue weighted by Gasteiger charge is 2.29. The van der Waals surface area contributed by atoms with Crippen molar-refractivity contribution in [3.05, 3.63) is 35.6 Å². The molecule has 1 aromatic carbocycles. The van der Waals surface area contributed by atoms with Gasteiger partial charge < -0.3 is 9.15 Å². The summed E-state index contributed by atoms with van der Waals surface area (Å²) < 4.78 is 11.5. The van der Waals surface area contributed by atoms with Crippen LogP contribution in [0.4, 0.5) is 5.88 Å². The molecule has 0 radical (unpaired) electrons. The molecule has 2 aromatic heterocycles. The number of fused-ring (bicyclic) bond motifs is 1. The number of esters is 1. The van der Waals surface area contributed by atoms with Crippen LogP contribution in [0, 0.1) is 12.8 Å². The Kier molecular flexibility index (Phi) is 4.59. The number of para-hydroxylation sites is 1. The minimum Gasteiger partial charge on any atom is -0.465 e. The number of anilines is 1. The van der Waals surface area contributed by atoms with Crippen molar-refractivity contribution in [1.82, 2.24) is 4.98 Å². The number of aryl methyl sites for hydroxylation is 1. The minimum absolute atomic E-state index is 0.201. The Morgan fingerprint density at radius 2 is 2.00 bits per heavy atom. The van der Waals surface area contributed by atoms with E-state index in [1.54, 1.807) is 20.8 Å². The number of thiazole rings is 1. The fraction of sp³-hybridized carbons (Fsp3) is 0.278. The van der Waals surface area contributed by atoms with E-state index < -0.39 is 5.97 Å². The second kappa shape index (κ2) is 6.68. The number of hydrogen-bond acceptors (Lipinski definition) is 6. The van der Waals surface area contributed by atoms with Gasteiger partial charge in [0.1, 0.15) is 16.3 Å². The van der Waals surface area contributed by atoms with Gasteiger partial charge in [-0.05, 0) is 19.1 Å². The molecule has 0 fully saturated rings. The molecule has 0 aliphatic heterocycles. The van der Waals surface area contributed by atoms with Crippen LogP contribution in [0.1, 0.15) is 30.0 Å². The standard InChI is InChI=1S/C18H18N2O4S/c1-9(2)15(21)20-16-14(13(10(3)24-16)18(22)23-4)17-19-11-7-5-6-8-12(11)25-17/h5-9H,1-4H3,(H,20,21). The van der Waals surface area contributed by atoms with Gasteiger partial charge in [-0.25, -0.2) is 9.78 Å². The Morgan fingerprint density at radius 3 is 2.64 bits per heavy atom. The van der Waals surface area contributed by atoms with Crippen LogP contribution in [-0.2, 0) is 9.53 Å². The van der Waals surface area contributed by atoms with Crippen molar-refractivity contribution in [3.63, 3.8) is 0 Å². The van der Waals surface area contributed by atoms with Crippen molar-refractivity contribution >= 4 is 39.3 Å². The maximum Gasteiger partial charge on any atom is 0.342 e. The average Bonchev–Trinajstić information content (AvgIpc) is 3.14. The minimum atomic E-state index is -0.527. The monoisotopic (exact) mass is 358 g/mol. The van der Waals surface area contributed by atoms with Crippen LogP contribution in [-0.4, -0.2) is 24.0 Å². The van der Waals surface area contributed by atoms with E-state index in [-0.39, 0.29) is 23.3 Å². The molecule has 6 nitrogen and oxygen atoms in total.